The van der Waals surface area contributed by atoms with Crippen LogP contribution in [0.25, 0.3) is 0 Å². The molecule has 0 N–H and O–H groups in total. The summed E-state index contributed by atoms with van der Waals surface area (Å²) in [6.07, 6.45) is 4.45. The summed E-state index contributed by atoms with van der Waals surface area (Å²) < 4.78 is 5.45. The quantitative estimate of drug-likeness (QED) is 0.604. The van der Waals surface area contributed by atoms with Crippen LogP contribution in [0.15, 0.2) is 0 Å². The fourth-order valence-corrected chi connectivity index (χ4v) is 2.58. The summed E-state index contributed by atoms with van der Waals surface area (Å²) >= 11 is 0. The molecule has 0 aromatic rings. The minimum absolute atomic E-state index is 0.485. The van der Waals surface area contributed by atoms with Crippen molar-refractivity contribution >= 4 is 9.47 Å². The molecule has 0 radical (unpaired) electrons. The largest absolute Gasteiger partial charge is 0.362 e. The van der Waals surface area contributed by atoms with Crippen LogP contribution in [0.5, 0.6) is 0 Å². The second-order valence-corrected chi connectivity index (χ2v) is 4.77. The Morgan fingerprint density at radius 3 is 2.50 bits per heavy atom. The Morgan fingerprint density at radius 2 is 2.00 bits per heavy atom. The van der Waals surface area contributed by atoms with E-state index in [1.165, 1.54) is 19.3 Å². The highest BCUT2D eigenvalue weighted by atomic mass is 31.0. The zero-order valence-corrected chi connectivity index (χ0v) is 9.57. The minimum atomic E-state index is 0.485. The van der Waals surface area contributed by atoms with E-state index < -0.39 is 0 Å². The average Bonchev–Trinajstić information content (AvgIpc) is 2.03. The van der Waals surface area contributed by atoms with Gasteiger partial charge in [-0.15, -0.1) is 0 Å². The van der Waals surface area contributed by atoms with Gasteiger partial charge in [-0.2, -0.15) is 0 Å². The molecule has 12 heavy (non-hydrogen) atoms. The predicted octanol–water partition coefficient (Wildman–Crippen LogP) is 3.25. The zero-order chi connectivity index (χ0) is 9.14. The molecule has 1 saturated carbocycles. The van der Waals surface area contributed by atoms with E-state index in [9.17, 15) is 0 Å². The first-order valence-electron chi connectivity index (χ1n) is 5.00. The topological polar surface area (TPSA) is 9.23 Å². The molecule has 0 spiro atoms. The molecular weight excluding hydrogens is 167 g/mol. The maximum absolute atomic E-state index is 5.45. The van der Waals surface area contributed by atoms with Gasteiger partial charge in [0.15, 0.2) is 0 Å². The summed E-state index contributed by atoms with van der Waals surface area (Å²) in [5, 5.41) is 0. The molecule has 72 valence electrons. The van der Waals surface area contributed by atoms with Crippen LogP contribution in [0.1, 0.15) is 40.0 Å². The van der Waals surface area contributed by atoms with E-state index in [0.717, 1.165) is 17.8 Å². The van der Waals surface area contributed by atoms with Crippen LogP contribution in [0.2, 0.25) is 0 Å². The lowest BCUT2D eigenvalue weighted by Crippen LogP contribution is -2.32. The third kappa shape index (κ3) is 2.44. The summed E-state index contributed by atoms with van der Waals surface area (Å²) in [5.41, 5.74) is 0. The highest BCUT2D eigenvalue weighted by molar-refractivity contribution is 7.09. The first-order valence-corrected chi connectivity index (χ1v) is 5.47. The van der Waals surface area contributed by atoms with Crippen LogP contribution in [0, 0.1) is 17.8 Å². The fraction of sp³-hybridized carbons (Fsp3) is 1.00. The van der Waals surface area contributed by atoms with Crippen molar-refractivity contribution in [1.82, 2.24) is 0 Å². The summed E-state index contributed by atoms with van der Waals surface area (Å²) in [7, 11) is 2.43. The van der Waals surface area contributed by atoms with Crippen LogP contribution < -0.4 is 0 Å². The van der Waals surface area contributed by atoms with Gasteiger partial charge in [-0.05, 0) is 30.6 Å². The lowest BCUT2D eigenvalue weighted by molar-refractivity contribution is 0.0611. The summed E-state index contributed by atoms with van der Waals surface area (Å²) in [6, 6.07) is 0. The molecule has 0 aromatic heterocycles. The molecule has 1 rings (SSSR count). The number of hydrogen-bond donors (Lipinski definition) is 0. The van der Waals surface area contributed by atoms with Crippen molar-refractivity contribution in [2.24, 2.45) is 17.8 Å². The van der Waals surface area contributed by atoms with Crippen molar-refractivity contribution in [2.45, 2.75) is 46.1 Å². The van der Waals surface area contributed by atoms with Crippen molar-refractivity contribution in [3.05, 3.63) is 0 Å². The monoisotopic (exact) mass is 188 g/mol. The van der Waals surface area contributed by atoms with Crippen molar-refractivity contribution in [2.75, 3.05) is 0 Å². The highest BCUT2D eigenvalue weighted by Crippen LogP contribution is 2.35. The lowest BCUT2D eigenvalue weighted by atomic mass is 9.75. The zero-order valence-electron chi connectivity index (χ0n) is 8.42. The summed E-state index contributed by atoms with van der Waals surface area (Å²) in [6.45, 7) is 6.93. The van der Waals surface area contributed by atoms with Gasteiger partial charge in [-0.25, -0.2) is 0 Å². The maximum Gasteiger partial charge on any atom is 0.0644 e. The van der Waals surface area contributed by atoms with Gasteiger partial charge in [0.05, 0.1) is 6.10 Å². The van der Waals surface area contributed by atoms with Gasteiger partial charge in [-0.3, -0.25) is 0 Å². The lowest BCUT2D eigenvalue weighted by Gasteiger charge is -2.36. The van der Waals surface area contributed by atoms with Crippen LogP contribution in [0.4, 0.5) is 0 Å². The molecule has 0 amide bonds. The predicted molar refractivity (Wildman–Crippen MR) is 55.9 cm³/mol. The molecular formula is C10H21OP. The van der Waals surface area contributed by atoms with E-state index in [1.54, 1.807) is 0 Å². The first kappa shape index (κ1) is 10.5. The highest BCUT2D eigenvalue weighted by Gasteiger charge is 2.30. The van der Waals surface area contributed by atoms with Crippen molar-refractivity contribution in [1.29, 1.82) is 0 Å². The van der Waals surface area contributed by atoms with Crippen LogP contribution in [0.3, 0.4) is 0 Å². The third-order valence-corrected chi connectivity index (χ3v) is 3.49. The number of rotatable bonds is 2. The SMILES string of the molecule is CC(C)[C@@H]1CC[C@@H](C)C[C@H]1OP. The van der Waals surface area contributed by atoms with Gasteiger partial charge in [0.1, 0.15) is 0 Å². The van der Waals surface area contributed by atoms with E-state index in [0.29, 0.717) is 6.10 Å². The van der Waals surface area contributed by atoms with E-state index in [-0.39, 0.29) is 0 Å². The van der Waals surface area contributed by atoms with Crippen molar-refractivity contribution in [3.63, 3.8) is 0 Å². The Balaban J connectivity index is 2.50. The summed E-state index contributed by atoms with van der Waals surface area (Å²) in [5.74, 6) is 2.40. The second kappa shape index (κ2) is 4.58. The first-order chi connectivity index (χ1) is 5.65. The fourth-order valence-electron chi connectivity index (χ4n) is 2.27. The standard InChI is InChI=1S/C10H21OP/c1-7(2)9-5-4-8(3)6-10(9)11-12/h7-10H,4-6,12H2,1-3H3/t8-,9+,10-/m1/s1. The van der Waals surface area contributed by atoms with Crippen LogP contribution in [-0.4, -0.2) is 6.10 Å². The smallest absolute Gasteiger partial charge is 0.0644 e. The Morgan fingerprint density at radius 1 is 1.33 bits per heavy atom. The molecule has 0 saturated heterocycles. The van der Waals surface area contributed by atoms with Gasteiger partial charge in [0.25, 0.3) is 0 Å². The van der Waals surface area contributed by atoms with Gasteiger partial charge in [0.2, 0.25) is 0 Å². The Kier molecular flexibility index (Phi) is 3.99. The van der Waals surface area contributed by atoms with E-state index in [4.69, 9.17) is 4.52 Å². The van der Waals surface area contributed by atoms with Gasteiger partial charge >= 0.3 is 0 Å². The van der Waals surface area contributed by atoms with Crippen LogP contribution >= 0.6 is 9.47 Å². The Labute approximate surface area is 78.5 Å². The average molecular weight is 188 g/mol. The Bertz CT molecular complexity index is 136. The van der Waals surface area contributed by atoms with E-state index >= 15 is 0 Å². The van der Waals surface area contributed by atoms with E-state index in [2.05, 4.69) is 30.2 Å². The number of hydrogen-bond acceptors (Lipinski definition) is 1. The summed E-state index contributed by atoms with van der Waals surface area (Å²) in [4.78, 5) is 0. The molecule has 1 unspecified atom stereocenters. The normalized spacial score (nSPS) is 37.2. The second-order valence-electron chi connectivity index (χ2n) is 4.50. The molecule has 0 aromatic carbocycles. The van der Waals surface area contributed by atoms with Gasteiger partial charge in [0, 0.05) is 9.47 Å². The third-order valence-electron chi connectivity index (χ3n) is 3.14. The molecule has 1 nitrogen and oxygen atoms in total. The van der Waals surface area contributed by atoms with E-state index in [1.807, 2.05) is 0 Å². The van der Waals surface area contributed by atoms with Gasteiger partial charge in [-0.1, -0.05) is 27.2 Å². The molecule has 0 heterocycles. The molecule has 1 aliphatic carbocycles. The minimum Gasteiger partial charge on any atom is -0.362 e. The van der Waals surface area contributed by atoms with Gasteiger partial charge < -0.3 is 4.52 Å². The molecule has 4 atom stereocenters. The Hall–Kier alpha value is 0.390. The van der Waals surface area contributed by atoms with Crippen LogP contribution in [-0.2, 0) is 4.52 Å². The molecule has 0 aliphatic heterocycles. The van der Waals surface area contributed by atoms with Crippen molar-refractivity contribution in [3.8, 4) is 0 Å². The molecule has 1 aliphatic rings. The molecule has 1 fully saturated rings. The maximum atomic E-state index is 5.45. The molecule has 0 bridgehead atoms. The van der Waals surface area contributed by atoms with Crippen molar-refractivity contribution < 1.29 is 4.52 Å². The molecule has 2 heteroatoms.